The number of carbonyl (C=O) groups excluding carboxylic acids is 1. The number of benzene rings is 1. The molecule has 1 rings (SSSR count). The average Bonchev–Trinajstić information content (AvgIpc) is 2.18. The highest BCUT2D eigenvalue weighted by Gasteiger charge is 2.03. The fourth-order valence-corrected chi connectivity index (χ4v) is 1.17. The van der Waals surface area contributed by atoms with Crippen molar-refractivity contribution in [2.45, 2.75) is 6.42 Å². The molecule has 1 aromatic rings. The molecule has 0 aromatic heterocycles. The van der Waals surface area contributed by atoms with E-state index in [1.807, 2.05) is 0 Å². The van der Waals surface area contributed by atoms with Gasteiger partial charge in [-0.2, -0.15) is 0 Å². The third-order valence-electron chi connectivity index (χ3n) is 1.64. The molecule has 14 heavy (non-hydrogen) atoms. The summed E-state index contributed by atoms with van der Waals surface area (Å²) in [4.78, 5) is 11.4. The molecule has 0 saturated carbocycles. The fourth-order valence-electron chi connectivity index (χ4n) is 0.980. The van der Waals surface area contributed by atoms with E-state index in [-0.39, 0.29) is 5.91 Å². The molecule has 0 radical (unpaired) electrons. The Hall–Kier alpha value is -1.46. The van der Waals surface area contributed by atoms with Crippen molar-refractivity contribution >= 4 is 17.5 Å². The predicted molar refractivity (Wildman–Crippen MR) is 57.2 cm³/mol. The van der Waals surface area contributed by atoms with Crippen molar-refractivity contribution in [1.82, 2.24) is 5.32 Å². The maximum Gasteiger partial charge on any atom is 0.251 e. The first-order valence-electron chi connectivity index (χ1n) is 4.21. The zero-order chi connectivity index (χ0) is 10.4. The third kappa shape index (κ3) is 3.12. The van der Waals surface area contributed by atoms with Gasteiger partial charge in [0.05, 0.1) is 0 Å². The molecule has 3 heteroatoms. The monoisotopic (exact) mass is 207 g/mol. The minimum absolute atomic E-state index is 0.150. The van der Waals surface area contributed by atoms with Gasteiger partial charge in [0, 0.05) is 23.6 Å². The molecular formula is C11H10ClNO. The number of rotatable bonds is 3. The molecule has 1 N–H and O–H groups in total. The molecule has 0 spiro atoms. The lowest BCUT2D eigenvalue weighted by atomic mass is 10.2. The Balaban J connectivity index is 2.57. The standard InChI is InChI=1S/C11H10ClNO/c1-2-3-7-13-11(14)9-5-4-6-10(12)8-9/h1,4-6,8H,3,7H2,(H,13,14). The highest BCUT2D eigenvalue weighted by Crippen LogP contribution is 2.10. The fraction of sp³-hybridized carbons (Fsp3) is 0.182. The lowest BCUT2D eigenvalue weighted by Gasteiger charge is -2.02. The van der Waals surface area contributed by atoms with Gasteiger partial charge < -0.3 is 5.32 Å². The molecule has 72 valence electrons. The van der Waals surface area contributed by atoms with Crippen molar-refractivity contribution in [3.05, 3.63) is 34.9 Å². The number of hydrogen-bond donors (Lipinski definition) is 1. The van der Waals surface area contributed by atoms with Crippen molar-refractivity contribution < 1.29 is 4.79 Å². The van der Waals surface area contributed by atoms with E-state index >= 15 is 0 Å². The van der Waals surface area contributed by atoms with E-state index in [0.717, 1.165) is 0 Å². The summed E-state index contributed by atoms with van der Waals surface area (Å²) in [5.41, 5.74) is 0.550. The van der Waals surface area contributed by atoms with Crippen LogP contribution in [-0.4, -0.2) is 12.5 Å². The molecule has 0 aliphatic heterocycles. The summed E-state index contributed by atoms with van der Waals surface area (Å²) in [5, 5.41) is 3.24. The summed E-state index contributed by atoms with van der Waals surface area (Å²) >= 11 is 5.74. The Kier molecular flexibility index (Phi) is 4.03. The second kappa shape index (κ2) is 5.31. The van der Waals surface area contributed by atoms with Crippen LogP contribution in [0.5, 0.6) is 0 Å². The highest BCUT2D eigenvalue weighted by atomic mass is 35.5. The molecule has 0 aliphatic carbocycles. The van der Waals surface area contributed by atoms with Crippen LogP contribution >= 0.6 is 11.6 Å². The van der Waals surface area contributed by atoms with Crippen LogP contribution in [0.1, 0.15) is 16.8 Å². The van der Waals surface area contributed by atoms with E-state index in [1.165, 1.54) is 0 Å². The first-order valence-corrected chi connectivity index (χ1v) is 4.59. The van der Waals surface area contributed by atoms with E-state index in [4.69, 9.17) is 18.0 Å². The van der Waals surface area contributed by atoms with E-state index in [1.54, 1.807) is 24.3 Å². The number of nitrogens with one attached hydrogen (secondary N) is 1. The van der Waals surface area contributed by atoms with E-state index in [0.29, 0.717) is 23.6 Å². The zero-order valence-electron chi connectivity index (χ0n) is 7.59. The summed E-state index contributed by atoms with van der Waals surface area (Å²) in [7, 11) is 0. The topological polar surface area (TPSA) is 29.1 Å². The number of hydrogen-bond acceptors (Lipinski definition) is 1. The minimum atomic E-state index is -0.150. The SMILES string of the molecule is C#CCCNC(=O)c1cccc(Cl)c1. The first-order chi connectivity index (χ1) is 6.74. The molecule has 0 heterocycles. The van der Waals surface area contributed by atoms with Gasteiger partial charge in [0.1, 0.15) is 0 Å². The van der Waals surface area contributed by atoms with Gasteiger partial charge in [0.15, 0.2) is 0 Å². The van der Waals surface area contributed by atoms with E-state index in [9.17, 15) is 4.79 Å². The van der Waals surface area contributed by atoms with Crippen LogP contribution in [0.25, 0.3) is 0 Å². The average molecular weight is 208 g/mol. The summed E-state index contributed by atoms with van der Waals surface area (Å²) in [6.07, 6.45) is 5.59. The summed E-state index contributed by atoms with van der Waals surface area (Å²) in [5.74, 6) is 2.29. The van der Waals surface area contributed by atoms with Crippen LogP contribution in [0, 0.1) is 12.3 Å². The molecule has 0 atom stereocenters. The molecular weight excluding hydrogens is 198 g/mol. The van der Waals surface area contributed by atoms with Crippen LogP contribution in [0.15, 0.2) is 24.3 Å². The van der Waals surface area contributed by atoms with Gasteiger partial charge in [-0.05, 0) is 18.2 Å². The van der Waals surface area contributed by atoms with Crippen LogP contribution in [-0.2, 0) is 0 Å². The van der Waals surface area contributed by atoms with Crippen molar-refractivity contribution in [3.63, 3.8) is 0 Å². The van der Waals surface area contributed by atoms with Gasteiger partial charge in [0.2, 0.25) is 0 Å². The highest BCUT2D eigenvalue weighted by molar-refractivity contribution is 6.30. The second-order valence-corrected chi connectivity index (χ2v) is 3.16. The van der Waals surface area contributed by atoms with Gasteiger partial charge >= 0.3 is 0 Å². The molecule has 0 bridgehead atoms. The van der Waals surface area contributed by atoms with Gasteiger partial charge in [-0.1, -0.05) is 17.7 Å². The van der Waals surface area contributed by atoms with Crippen molar-refractivity contribution in [1.29, 1.82) is 0 Å². The normalized spacial score (nSPS) is 9.14. The number of halogens is 1. The van der Waals surface area contributed by atoms with Gasteiger partial charge in [-0.25, -0.2) is 0 Å². The van der Waals surface area contributed by atoms with E-state index in [2.05, 4.69) is 11.2 Å². The molecule has 1 aromatic carbocycles. The Morgan fingerprint density at radius 3 is 3.00 bits per heavy atom. The largest absolute Gasteiger partial charge is 0.351 e. The minimum Gasteiger partial charge on any atom is -0.351 e. The lowest BCUT2D eigenvalue weighted by Crippen LogP contribution is -2.24. The van der Waals surface area contributed by atoms with Gasteiger partial charge in [-0.3, -0.25) is 4.79 Å². The molecule has 0 unspecified atom stereocenters. The maximum absolute atomic E-state index is 11.4. The van der Waals surface area contributed by atoms with Crippen LogP contribution in [0.3, 0.4) is 0 Å². The molecule has 0 fully saturated rings. The molecule has 1 amide bonds. The summed E-state index contributed by atoms with van der Waals surface area (Å²) in [6, 6.07) is 6.78. The Labute approximate surface area is 88.3 Å². The zero-order valence-corrected chi connectivity index (χ0v) is 8.34. The van der Waals surface area contributed by atoms with E-state index < -0.39 is 0 Å². The van der Waals surface area contributed by atoms with Crippen LogP contribution in [0.4, 0.5) is 0 Å². The number of amides is 1. The van der Waals surface area contributed by atoms with Crippen molar-refractivity contribution in [2.24, 2.45) is 0 Å². The van der Waals surface area contributed by atoms with Crippen molar-refractivity contribution in [3.8, 4) is 12.3 Å². The number of carbonyl (C=O) groups is 1. The summed E-state index contributed by atoms with van der Waals surface area (Å²) < 4.78 is 0. The van der Waals surface area contributed by atoms with Crippen LogP contribution < -0.4 is 5.32 Å². The summed E-state index contributed by atoms with van der Waals surface area (Å²) in [6.45, 7) is 0.488. The second-order valence-electron chi connectivity index (χ2n) is 2.72. The Bertz CT molecular complexity index is 368. The predicted octanol–water partition coefficient (Wildman–Crippen LogP) is 2.09. The molecule has 0 saturated heterocycles. The first kappa shape index (κ1) is 10.6. The van der Waals surface area contributed by atoms with Gasteiger partial charge in [0.25, 0.3) is 5.91 Å². The number of terminal acetylenes is 1. The molecule has 2 nitrogen and oxygen atoms in total. The molecule has 0 aliphatic rings. The Morgan fingerprint density at radius 1 is 1.57 bits per heavy atom. The lowest BCUT2D eigenvalue weighted by molar-refractivity contribution is 0.0954. The smallest absolute Gasteiger partial charge is 0.251 e. The quantitative estimate of drug-likeness (QED) is 0.597. The van der Waals surface area contributed by atoms with Crippen molar-refractivity contribution in [2.75, 3.05) is 6.54 Å². The third-order valence-corrected chi connectivity index (χ3v) is 1.88. The Morgan fingerprint density at radius 2 is 2.36 bits per heavy atom. The maximum atomic E-state index is 11.4. The van der Waals surface area contributed by atoms with Crippen LogP contribution in [0.2, 0.25) is 5.02 Å². The van der Waals surface area contributed by atoms with Gasteiger partial charge in [-0.15, -0.1) is 12.3 Å².